The fourth-order valence-corrected chi connectivity index (χ4v) is 2.73. The molecule has 4 heteroatoms. The molecule has 0 spiro atoms. The van der Waals surface area contributed by atoms with Gasteiger partial charge in [-0.2, -0.15) is 0 Å². The molecule has 0 aromatic heterocycles. The summed E-state index contributed by atoms with van der Waals surface area (Å²) in [6.45, 7) is 2.53. The largest absolute Gasteiger partial charge is 0.494 e. The summed E-state index contributed by atoms with van der Waals surface area (Å²) in [7, 11) is 0. The molecule has 0 radical (unpaired) electrons. The molecule has 0 aliphatic rings. The van der Waals surface area contributed by atoms with Crippen LogP contribution in [0.3, 0.4) is 0 Å². The van der Waals surface area contributed by atoms with Crippen LogP contribution in [0.4, 0.5) is 0 Å². The third kappa shape index (κ3) is 3.25. The lowest BCUT2D eigenvalue weighted by Gasteiger charge is -2.08. The third-order valence-electron chi connectivity index (χ3n) is 2.61. The van der Waals surface area contributed by atoms with Gasteiger partial charge in [0.05, 0.1) is 6.61 Å². The number of halogens is 2. The Morgan fingerprint density at radius 2 is 1.74 bits per heavy atom. The van der Waals surface area contributed by atoms with Crippen LogP contribution in [0.5, 0.6) is 5.75 Å². The smallest absolute Gasteiger partial charge is 0.195 e. The summed E-state index contributed by atoms with van der Waals surface area (Å²) in [6, 6.07) is 12.8. The topological polar surface area (TPSA) is 26.3 Å². The van der Waals surface area contributed by atoms with E-state index in [0.29, 0.717) is 17.7 Å². The number of carbonyl (C=O) groups excluding carboxylic acids is 1. The first-order chi connectivity index (χ1) is 9.13. The average molecular weight is 384 g/mol. The van der Waals surface area contributed by atoms with Gasteiger partial charge in [0.1, 0.15) is 5.75 Å². The van der Waals surface area contributed by atoms with Crippen molar-refractivity contribution >= 4 is 37.6 Å². The Hall–Kier alpha value is -1.13. The minimum absolute atomic E-state index is 0.0256. The first-order valence-corrected chi connectivity index (χ1v) is 7.43. The van der Waals surface area contributed by atoms with E-state index in [1.165, 1.54) is 0 Å². The lowest BCUT2D eigenvalue weighted by atomic mass is 10.0. The van der Waals surface area contributed by atoms with Gasteiger partial charge in [0.15, 0.2) is 5.78 Å². The Balaban J connectivity index is 2.37. The third-order valence-corrected chi connectivity index (χ3v) is 3.96. The van der Waals surface area contributed by atoms with Crippen LogP contribution >= 0.6 is 31.9 Å². The monoisotopic (exact) mass is 382 g/mol. The van der Waals surface area contributed by atoms with Gasteiger partial charge >= 0.3 is 0 Å². The van der Waals surface area contributed by atoms with E-state index < -0.39 is 0 Å². The Kier molecular flexibility index (Phi) is 4.77. The standard InChI is InChI=1S/C15H12Br2O2/c1-2-19-10-7-8-12(14(17)9-10)15(18)11-5-3-4-6-13(11)16/h3-9H,2H2,1H3. The molecule has 2 aromatic carbocycles. The molecule has 2 aromatic rings. The molecule has 0 fully saturated rings. The summed E-state index contributed by atoms with van der Waals surface area (Å²) in [6.07, 6.45) is 0. The number of hydrogen-bond donors (Lipinski definition) is 0. The molecule has 0 N–H and O–H groups in total. The molecule has 0 unspecified atom stereocenters. The van der Waals surface area contributed by atoms with Crippen LogP contribution in [0, 0.1) is 0 Å². The zero-order chi connectivity index (χ0) is 13.8. The Labute approximate surface area is 129 Å². The number of benzene rings is 2. The van der Waals surface area contributed by atoms with Crippen LogP contribution in [0.2, 0.25) is 0 Å². The normalized spacial score (nSPS) is 10.3. The lowest BCUT2D eigenvalue weighted by Crippen LogP contribution is -2.03. The van der Waals surface area contributed by atoms with E-state index in [1.807, 2.05) is 31.2 Å². The predicted molar refractivity (Wildman–Crippen MR) is 82.9 cm³/mol. The van der Waals surface area contributed by atoms with E-state index in [2.05, 4.69) is 31.9 Å². The van der Waals surface area contributed by atoms with Crippen molar-refractivity contribution in [1.29, 1.82) is 0 Å². The maximum absolute atomic E-state index is 12.5. The first-order valence-electron chi connectivity index (χ1n) is 5.85. The van der Waals surface area contributed by atoms with Crippen molar-refractivity contribution in [3.8, 4) is 5.75 Å². The van der Waals surface area contributed by atoms with Crippen LogP contribution in [0.25, 0.3) is 0 Å². The minimum Gasteiger partial charge on any atom is -0.494 e. The van der Waals surface area contributed by atoms with Crippen molar-refractivity contribution in [2.75, 3.05) is 6.61 Å². The number of ketones is 1. The van der Waals surface area contributed by atoms with Crippen LogP contribution in [-0.4, -0.2) is 12.4 Å². The van der Waals surface area contributed by atoms with E-state index in [1.54, 1.807) is 18.2 Å². The highest BCUT2D eigenvalue weighted by Gasteiger charge is 2.15. The van der Waals surface area contributed by atoms with Gasteiger partial charge in [0, 0.05) is 20.1 Å². The molecule has 0 heterocycles. The molecular formula is C15H12Br2O2. The Bertz CT molecular complexity index is 609. The molecule has 98 valence electrons. The zero-order valence-electron chi connectivity index (χ0n) is 10.3. The molecule has 0 atom stereocenters. The summed E-state index contributed by atoms with van der Waals surface area (Å²) < 4.78 is 6.93. The van der Waals surface area contributed by atoms with Crippen molar-refractivity contribution in [2.24, 2.45) is 0 Å². The summed E-state index contributed by atoms with van der Waals surface area (Å²) in [5.74, 6) is 0.723. The zero-order valence-corrected chi connectivity index (χ0v) is 13.5. The maximum Gasteiger partial charge on any atom is 0.195 e. The number of rotatable bonds is 4. The van der Waals surface area contributed by atoms with Crippen molar-refractivity contribution in [2.45, 2.75) is 6.92 Å². The van der Waals surface area contributed by atoms with Crippen molar-refractivity contribution in [3.63, 3.8) is 0 Å². The van der Waals surface area contributed by atoms with Crippen LogP contribution in [0.15, 0.2) is 51.4 Å². The van der Waals surface area contributed by atoms with Gasteiger partial charge in [-0.1, -0.05) is 28.1 Å². The molecule has 2 nitrogen and oxygen atoms in total. The minimum atomic E-state index is -0.0256. The molecule has 0 saturated carbocycles. The van der Waals surface area contributed by atoms with Gasteiger partial charge in [0.2, 0.25) is 0 Å². The lowest BCUT2D eigenvalue weighted by molar-refractivity contribution is 0.103. The SMILES string of the molecule is CCOc1ccc(C(=O)c2ccccc2Br)c(Br)c1. The summed E-state index contributed by atoms with van der Waals surface area (Å²) >= 11 is 6.82. The predicted octanol–water partition coefficient (Wildman–Crippen LogP) is 4.84. The Morgan fingerprint density at radius 1 is 1.05 bits per heavy atom. The highest BCUT2D eigenvalue weighted by molar-refractivity contribution is 9.11. The molecule has 0 aliphatic carbocycles. The number of ether oxygens (including phenoxy) is 1. The summed E-state index contributed by atoms with van der Waals surface area (Å²) in [5, 5.41) is 0. The second-order valence-corrected chi connectivity index (χ2v) is 5.59. The fourth-order valence-electron chi connectivity index (χ4n) is 1.73. The first kappa shape index (κ1) is 14.3. The van der Waals surface area contributed by atoms with Crippen LogP contribution in [-0.2, 0) is 0 Å². The maximum atomic E-state index is 12.5. The molecule has 0 aliphatic heterocycles. The van der Waals surface area contributed by atoms with Crippen molar-refractivity contribution < 1.29 is 9.53 Å². The van der Waals surface area contributed by atoms with Crippen molar-refractivity contribution in [1.82, 2.24) is 0 Å². The molecule has 19 heavy (non-hydrogen) atoms. The highest BCUT2D eigenvalue weighted by Crippen LogP contribution is 2.27. The van der Waals surface area contributed by atoms with E-state index in [-0.39, 0.29) is 5.78 Å². The summed E-state index contributed by atoms with van der Waals surface area (Å²) in [5.41, 5.74) is 1.27. The van der Waals surface area contributed by atoms with Gasteiger partial charge < -0.3 is 4.74 Å². The van der Waals surface area contributed by atoms with E-state index in [9.17, 15) is 4.79 Å². The van der Waals surface area contributed by atoms with Gasteiger partial charge in [-0.25, -0.2) is 0 Å². The van der Waals surface area contributed by atoms with Crippen molar-refractivity contribution in [3.05, 3.63) is 62.5 Å². The molecule has 0 saturated heterocycles. The highest BCUT2D eigenvalue weighted by atomic mass is 79.9. The van der Waals surface area contributed by atoms with E-state index in [4.69, 9.17) is 4.74 Å². The molecule has 0 amide bonds. The molecule has 0 bridgehead atoms. The number of hydrogen-bond acceptors (Lipinski definition) is 2. The average Bonchev–Trinajstić information content (AvgIpc) is 2.39. The second-order valence-electron chi connectivity index (χ2n) is 3.88. The quantitative estimate of drug-likeness (QED) is 0.706. The van der Waals surface area contributed by atoms with Crippen LogP contribution in [0.1, 0.15) is 22.8 Å². The fraction of sp³-hybridized carbons (Fsp3) is 0.133. The second kappa shape index (κ2) is 6.35. The summed E-state index contributed by atoms with van der Waals surface area (Å²) in [4.78, 5) is 12.5. The molecular weight excluding hydrogens is 372 g/mol. The van der Waals surface area contributed by atoms with Gasteiger partial charge in [0.25, 0.3) is 0 Å². The van der Waals surface area contributed by atoms with Gasteiger partial charge in [-0.05, 0) is 53.2 Å². The van der Waals surface area contributed by atoms with Gasteiger partial charge in [-0.15, -0.1) is 0 Å². The van der Waals surface area contributed by atoms with Crippen LogP contribution < -0.4 is 4.74 Å². The molecule has 2 rings (SSSR count). The Morgan fingerprint density at radius 3 is 2.37 bits per heavy atom. The van der Waals surface area contributed by atoms with E-state index in [0.717, 1.165) is 14.7 Å². The number of carbonyl (C=O) groups is 1. The van der Waals surface area contributed by atoms with Gasteiger partial charge in [-0.3, -0.25) is 4.79 Å². The van der Waals surface area contributed by atoms with E-state index >= 15 is 0 Å².